The van der Waals surface area contributed by atoms with Crippen LogP contribution in [0, 0.1) is 11.7 Å². The highest BCUT2D eigenvalue weighted by atomic mass is 19.1. The molecule has 1 aromatic rings. The van der Waals surface area contributed by atoms with E-state index in [1.54, 1.807) is 18.2 Å². The van der Waals surface area contributed by atoms with E-state index >= 15 is 0 Å². The van der Waals surface area contributed by atoms with Gasteiger partial charge in [0, 0.05) is 12.3 Å². The summed E-state index contributed by atoms with van der Waals surface area (Å²) < 4.78 is 13.6. The first kappa shape index (κ1) is 15.5. The van der Waals surface area contributed by atoms with Crippen LogP contribution in [-0.4, -0.2) is 17.9 Å². The minimum absolute atomic E-state index is 0.0544. The second-order valence-electron chi connectivity index (χ2n) is 5.59. The van der Waals surface area contributed by atoms with Gasteiger partial charge in [0.05, 0.1) is 0 Å². The molecule has 1 fully saturated rings. The number of hydrogen-bond acceptors (Lipinski definition) is 2. The van der Waals surface area contributed by atoms with Gasteiger partial charge in [-0.3, -0.25) is 9.59 Å². The SMILES string of the molecule is NC(=O)[C@@H](Cc1ccccc1F)NC(=O)C1CCCCC1. The van der Waals surface area contributed by atoms with Gasteiger partial charge in [-0.2, -0.15) is 0 Å². The van der Waals surface area contributed by atoms with Crippen LogP contribution in [0.25, 0.3) is 0 Å². The highest BCUT2D eigenvalue weighted by Crippen LogP contribution is 2.23. The van der Waals surface area contributed by atoms with Crippen molar-refractivity contribution < 1.29 is 14.0 Å². The predicted octanol–water partition coefficient (Wildman–Crippen LogP) is 1.92. The molecule has 5 heteroatoms. The lowest BCUT2D eigenvalue weighted by atomic mass is 9.88. The molecule has 2 rings (SSSR count). The van der Waals surface area contributed by atoms with E-state index in [1.165, 1.54) is 6.07 Å². The van der Waals surface area contributed by atoms with Crippen LogP contribution in [0.5, 0.6) is 0 Å². The number of nitrogens with two attached hydrogens (primary N) is 1. The molecule has 0 aromatic heterocycles. The fourth-order valence-electron chi connectivity index (χ4n) is 2.76. The number of amides is 2. The van der Waals surface area contributed by atoms with Crippen LogP contribution < -0.4 is 11.1 Å². The van der Waals surface area contributed by atoms with Gasteiger partial charge >= 0.3 is 0 Å². The molecule has 1 aliphatic rings. The summed E-state index contributed by atoms with van der Waals surface area (Å²) in [6, 6.07) is 5.34. The molecule has 1 saturated carbocycles. The number of halogens is 1. The molecule has 0 bridgehead atoms. The Morgan fingerprint density at radius 3 is 2.52 bits per heavy atom. The van der Waals surface area contributed by atoms with E-state index in [2.05, 4.69) is 5.32 Å². The lowest BCUT2D eigenvalue weighted by Gasteiger charge is -2.23. The van der Waals surface area contributed by atoms with E-state index in [0.29, 0.717) is 5.56 Å². The molecule has 0 radical (unpaired) electrons. The smallest absolute Gasteiger partial charge is 0.240 e. The lowest BCUT2D eigenvalue weighted by Crippen LogP contribution is -2.48. The molecular formula is C16H21FN2O2. The van der Waals surface area contributed by atoms with Crippen molar-refractivity contribution in [3.63, 3.8) is 0 Å². The average Bonchev–Trinajstić information content (AvgIpc) is 2.49. The summed E-state index contributed by atoms with van der Waals surface area (Å²) in [6.07, 6.45) is 4.99. The third-order valence-corrected chi connectivity index (χ3v) is 4.02. The van der Waals surface area contributed by atoms with Crippen molar-refractivity contribution in [2.75, 3.05) is 0 Å². The molecule has 1 aromatic carbocycles. The molecular weight excluding hydrogens is 271 g/mol. The largest absolute Gasteiger partial charge is 0.368 e. The Morgan fingerprint density at radius 1 is 1.24 bits per heavy atom. The second-order valence-corrected chi connectivity index (χ2v) is 5.59. The molecule has 0 aliphatic heterocycles. The zero-order valence-electron chi connectivity index (χ0n) is 12.0. The second kappa shape index (κ2) is 7.20. The maximum atomic E-state index is 13.6. The molecule has 21 heavy (non-hydrogen) atoms. The number of benzene rings is 1. The van der Waals surface area contributed by atoms with Crippen LogP contribution >= 0.6 is 0 Å². The molecule has 1 atom stereocenters. The third kappa shape index (κ3) is 4.28. The van der Waals surface area contributed by atoms with Crippen molar-refractivity contribution in [2.24, 2.45) is 11.7 Å². The first-order valence-corrected chi connectivity index (χ1v) is 7.41. The normalized spacial score (nSPS) is 17.2. The quantitative estimate of drug-likeness (QED) is 0.870. The molecule has 1 aliphatic carbocycles. The van der Waals surface area contributed by atoms with E-state index < -0.39 is 17.8 Å². The van der Waals surface area contributed by atoms with Gasteiger partial charge in [0.1, 0.15) is 11.9 Å². The highest BCUT2D eigenvalue weighted by molar-refractivity contribution is 5.87. The Hall–Kier alpha value is -1.91. The monoisotopic (exact) mass is 292 g/mol. The van der Waals surface area contributed by atoms with Crippen molar-refractivity contribution >= 4 is 11.8 Å². The number of rotatable bonds is 5. The zero-order valence-corrected chi connectivity index (χ0v) is 12.0. The average molecular weight is 292 g/mol. The highest BCUT2D eigenvalue weighted by Gasteiger charge is 2.26. The number of hydrogen-bond donors (Lipinski definition) is 2. The van der Waals surface area contributed by atoms with Crippen LogP contribution in [0.3, 0.4) is 0 Å². The van der Waals surface area contributed by atoms with Crippen LogP contribution in [0.1, 0.15) is 37.7 Å². The number of carbonyl (C=O) groups is 2. The molecule has 3 N–H and O–H groups in total. The summed E-state index contributed by atoms with van der Waals surface area (Å²) in [7, 11) is 0. The van der Waals surface area contributed by atoms with Crippen LogP contribution in [0.2, 0.25) is 0 Å². The first-order valence-electron chi connectivity index (χ1n) is 7.41. The Labute approximate surface area is 123 Å². The Balaban J connectivity index is 2.00. The van der Waals surface area contributed by atoms with Gasteiger partial charge in [0.2, 0.25) is 11.8 Å². The Bertz CT molecular complexity index is 513. The van der Waals surface area contributed by atoms with E-state index in [-0.39, 0.29) is 18.2 Å². The maximum absolute atomic E-state index is 13.6. The molecule has 0 spiro atoms. The molecule has 0 heterocycles. The standard InChI is InChI=1S/C16H21FN2O2/c17-13-9-5-4-8-12(13)10-14(15(18)20)19-16(21)11-6-2-1-3-7-11/h4-5,8-9,11,14H,1-3,6-7,10H2,(H2,18,20)(H,19,21)/t14-/m1/s1. The van der Waals surface area contributed by atoms with E-state index in [4.69, 9.17) is 5.73 Å². The molecule has 114 valence electrons. The zero-order chi connectivity index (χ0) is 15.2. The van der Waals surface area contributed by atoms with Gasteiger partial charge in [-0.15, -0.1) is 0 Å². The molecule has 2 amide bonds. The summed E-state index contributed by atoms with van der Waals surface area (Å²) in [5.41, 5.74) is 5.72. The topological polar surface area (TPSA) is 72.2 Å². The fourth-order valence-corrected chi connectivity index (χ4v) is 2.76. The first-order chi connectivity index (χ1) is 10.1. The van der Waals surface area contributed by atoms with Crippen LogP contribution in [0.15, 0.2) is 24.3 Å². The summed E-state index contributed by atoms with van der Waals surface area (Å²) in [5.74, 6) is -1.23. The summed E-state index contributed by atoms with van der Waals surface area (Å²) >= 11 is 0. The third-order valence-electron chi connectivity index (χ3n) is 4.02. The number of carbonyl (C=O) groups excluding carboxylic acids is 2. The fraction of sp³-hybridized carbons (Fsp3) is 0.500. The lowest BCUT2D eigenvalue weighted by molar-refractivity contribution is -0.130. The van der Waals surface area contributed by atoms with Crippen molar-refractivity contribution in [3.05, 3.63) is 35.6 Å². The molecule has 4 nitrogen and oxygen atoms in total. The summed E-state index contributed by atoms with van der Waals surface area (Å²) in [6.45, 7) is 0. The van der Waals surface area contributed by atoms with Gasteiger partial charge in [0.25, 0.3) is 0 Å². The van der Waals surface area contributed by atoms with Gasteiger partial charge in [-0.25, -0.2) is 4.39 Å². The van der Waals surface area contributed by atoms with Gasteiger partial charge in [0.15, 0.2) is 0 Å². The van der Waals surface area contributed by atoms with Crippen molar-refractivity contribution in [1.82, 2.24) is 5.32 Å². The Kier molecular flexibility index (Phi) is 5.31. The summed E-state index contributed by atoms with van der Waals surface area (Å²) in [5, 5.41) is 2.68. The minimum Gasteiger partial charge on any atom is -0.368 e. The van der Waals surface area contributed by atoms with Crippen molar-refractivity contribution in [2.45, 2.75) is 44.6 Å². The van der Waals surface area contributed by atoms with Crippen molar-refractivity contribution in [1.29, 1.82) is 0 Å². The molecule has 0 saturated heterocycles. The number of nitrogens with one attached hydrogen (secondary N) is 1. The predicted molar refractivity (Wildman–Crippen MR) is 77.8 cm³/mol. The van der Waals surface area contributed by atoms with Crippen LogP contribution in [-0.2, 0) is 16.0 Å². The summed E-state index contributed by atoms with van der Waals surface area (Å²) in [4.78, 5) is 23.7. The molecule has 0 unspecified atom stereocenters. The van der Waals surface area contributed by atoms with Crippen LogP contribution in [0.4, 0.5) is 4.39 Å². The van der Waals surface area contributed by atoms with Crippen molar-refractivity contribution in [3.8, 4) is 0 Å². The van der Waals surface area contributed by atoms with Gasteiger partial charge < -0.3 is 11.1 Å². The van der Waals surface area contributed by atoms with Gasteiger partial charge in [-0.05, 0) is 24.5 Å². The minimum atomic E-state index is -0.865. The Morgan fingerprint density at radius 2 is 1.90 bits per heavy atom. The maximum Gasteiger partial charge on any atom is 0.240 e. The van der Waals surface area contributed by atoms with E-state index in [1.807, 2.05) is 0 Å². The van der Waals surface area contributed by atoms with Gasteiger partial charge in [-0.1, -0.05) is 37.5 Å². The number of primary amides is 1. The van der Waals surface area contributed by atoms with E-state index in [9.17, 15) is 14.0 Å². The van der Waals surface area contributed by atoms with E-state index in [0.717, 1.165) is 32.1 Å².